The number of alkyl halides is 2. The molecule has 2 aromatic rings. The van der Waals surface area contributed by atoms with Crippen LogP contribution in [0.2, 0.25) is 0 Å². The number of amides is 1. The van der Waals surface area contributed by atoms with Gasteiger partial charge >= 0.3 is 5.97 Å². The first-order valence-electron chi connectivity index (χ1n) is 7.63. The van der Waals surface area contributed by atoms with Gasteiger partial charge in [-0.2, -0.15) is 8.78 Å². The Balaban J connectivity index is 1.85. The van der Waals surface area contributed by atoms with E-state index in [1.807, 2.05) is 0 Å². The molecule has 0 spiro atoms. The monoisotopic (exact) mass is 383 g/mol. The summed E-state index contributed by atoms with van der Waals surface area (Å²) in [6, 6.07) is 11.4. The number of carbonyl (C=O) groups is 2. The second kappa shape index (κ2) is 9.28. The third kappa shape index (κ3) is 6.44. The fraction of sp³-hybridized carbons (Fsp3) is 0.222. The molecule has 2 aromatic carbocycles. The fourth-order valence-electron chi connectivity index (χ4n) is 2.07. The predicted octanol–water partition coefficient (Wildman–Crippen LogP) is 4.25. The van der Waals surface area contributed by atoms with E-state index in [9.17, 15) is 22.8 Å². The van der Waals surface area contributed by atoms with Gasteiger partial charge in [0.15, 0.2) is 6.10 Å². The van der Waals surface area contributed by atoms with E-state index in [0.717, 1.165) is 0 Å². The van der Waals surface area contributed by atoms with Crippen LogP contribution in [0, 0.1) is 5.82 Å². The van der Waals surface area contributed by atoms with Gasteiger partial charge in [0.05, 0.1) is 6.42 Å². The molecule has 2 rings (SSSR count). The third-order valence-electron chi connectivity index (χ3n) is 3.26. The van der Waals surface area contributed by atoms with E-state index in [0.29, 0.717) is 27.9 Å². The molecule has 1 atom stereocenters. The van der Waals surface area contributed by atoms with Crippen molar-refractivity contribution in [1.82, 2.24) is 0 Å². The highest BCUT2D eigenvalue weighted by Gasteiger charge is 2.18. The highest BCUT2D eigenvalue weighted by molar-refractivity contribution is 7.99. The average molecular weight is 383 g/mol. The van der Waals surface area contributed by atoms with Crippen LogP contribution in [0.3, 0.4) is 0 Å². The van der Waals surface area contributed by atoms with Crippen molar-refractivity contribution in [2.45, 2.75) is 30.1 Å². The summed E-state index contributed by atoms with van der Waals surface area (Å²) in [5, 5.41) is 2.53. The van der Waals surface area contributed by atoms with Crippen LogP contribution in [0.5, 0.6) is 0 Å². The van der Waals surface area contributed by atoms with Gasteiger partial charge in [0.1, 0.15) is 5.82 Å². The Morgan fingerprint density at radius 3 is 2.46 bits per heavy atom. The van der Waals surface area contributed by atoms with Crippen LogP contribution >= 0.6 is 11.8 Å². The van der Waals surface area contributed by atoms with Gasteiger partial charge in [0.2, 0.25) is 0 Å². The number of ether oxygens (including phenoxy) is 1. The zero-order valence-corrected chi connectivity index (χ0v) is 14.6. The summed E-state index contributed by atoms with van der Waals surface area (Å²) in [5.74, 6) is -4.21. The summed E-state index contributed by atoms with van der Waals surface area (Å²) in [6.45, 7) is 1.40. The van der Waals surface area contributed by atoms with E-state index in [1.165, 1.54) is 49.4 Å². The minimum absolute atomic E-state index is 0.158. The molecule has 1 N–H and O–H groups in total. The number of hydrogen-bond acceptors (Lipinski definition) is 4. The quantitative estimate of drug-likeness (QED) is 0.574. The lowest BCUT2D eigenvalue weighted by Gasteiger charge is -2.14. The molecule has 0 saturated heterocycles. The molecule has 0 saturated carbocycles. The summed E-state index contributed by atoms with van der Waals surface area (Å²) < 4.78 is 42.6. The van der Waals surface area contributed by atoms with Crippen LogP contribution in [-0.4, -0.2) is 23.7 Å². The highest BCUT2D eigenvalue weighted by atomic mass is 32.2. The Hall–Kier alpha value is -2.48. The largest absolute Gasteiger partial charge is 0.452 e. The molecule has 0 unspecified atom stereocenters. The minimum Gasteiger partial charge on any atom is -0.452 e. The SMILES string of the molecule is C[C@H](OC(=O)Cc1cccc(F)c1)C(=O)Nc1ccc(SC(F)F)cc1. The lowest BCUT2D eigenvalue weighted by atomic mass is 10.1. The van der Waals surface area contributed by atoms with E-state index in [1.54, 1.807) is 6.07 Å². The first kappa shape index (κ1) is 19.8. The zero-order chi connectivity index (χ0) is 19.1. The lowest BCUT2D eigenvalue weighted by molar-refractivity contribution is -0.152. The molecule has 0 bridgehead atoms. The Kier molecular flexibility index (Phi) is 7.08. The molecule has 8 heteroatoms. The molecule has 0 radical (unpaired) electrons. The second-order valence-electron chi connectivity index (χ2n) is 5.33. The van der Waals surface area contributed by atoms with Crippen LogP contribution in [0.4, 0.5) is 18.9 Å². The maximum atomic E-state index is 13.1. The summed E-state index contributed by atoms with van der Waals surface area (Å²) in [4.78, 5) is 24.3. The number of rotatable bonds is 7. The van der Waals surface area contributed by atoms with Crippen molar-refractivity contribution in [2.24, 2.45) is 0 Å². The van der Waals surface area contributed by atoms with Crippen LogP contribution in [0.25, 0.3) is 0 Å². The van der Waals surface area contributed by atoms with Crippen molar-refractivity contribution in [3.05, 3.63) is 59.9 Å². The maximum Gasteiger partial charge on any atom is 0.311 e. The molecule has 0 aliphatic heterocycles. The van der Waals surface area contributed by atoms with Crippen molar-refractivity contribution in [3.8, 4) is 0 Å². The molecular weight excluding hydrogens is 367 g/mol. The van der Waals surface area contributed by atoms with Gasteiger partial charge in [-0.1, -0.05) is 23.9 Å². The Morgan fingerprint density at radius 1 is 1.15 bits per heavy atom. The number of anilines is 1. The summed E-state index contributed by atoms with van der Waals surface area (Å²) in [7, 11) is 0. The molecule has 26 heavy (non-hydrogen) atoms. The van der Waals surface area contributed by atoms with Crippen LogP contribution in [0.15, 0.2) is 53.4 Å². The minimum atomic E-state index is -2.52. The van der Waals surface area contributed by atoms with Crippen molar-refractivity contribution in [3.63, 3.8) is 0 Å². The Bertz CT molecular complexity index is 769. The number of halogens is 3. The lowest BCUT2D eigenvalue weighted by Crippen LogP contribution is -2.30. The maximum absolute atomic E-state index is 13.1. The number of thioether (sulfide) groups is 1. The molecular formula is C18H16F3NO3S. The number of hydrogen-bond donors (Lipinski definition) is 1. The van der Waals surface area contributed by atoms with Crippen molar-refractivity contribution < 1.29 is 27.5 Å². The molecule has 0 fully saturated rings. The summed E-state index contributed by atoms with van der Waals surface area (Å²) >= 11 is 0.401. The van der Waals surface area contributed by atoms with E-state index in [2.05, 4.69) is 5.32 Å². The third-order valence-corrected chi connectivity index (χ3v) is 3.98. The topological polar surface area (TPSA) is 55.4 Å². The fourth-order valence-corrected chi connectivity index (χ4v) is 2.57. The van der Waals surface area contributed by atoms with Gasteiger partial charge in [-0.25, -0.2) is 4.39 Å². The van der Waals surface area contributed by atoms with Crippen LogP contribution in [0.1, 0.15) is 12.5 Å². The first-order chi connectivity index (χ1) is 12.3. The molecule has 0 aromatic heterocycles. The van der Waals surface area contributed by atoms with Gasteiger partial charge < -0.3 is 10.1 Å². The van der Waals surface area contributed by atoms with Crippen LogP contribution < -0.4 is 5.32 Å². The van der Waals surface area contributed by atoms with Gasteiger partial charge in [-0.05, 0) is 48.9 Å². The van der Waals surface area contributed by atoms with Crippen molar-refractivity contribution in [1.29, 1.82) is 0 Å². The van der Waals surface area contributed by atoms with Crippen molar-refractivity contribution >= 4 is 29.3 Å². The Labute approximate surface area is 152 Å². The average Bonchev–Trinajstić information content (AvgIpc) is 2.56. The van der Waals surface area contributed by atoms with Gasteiger partial charge in [-0.15, -0.1) is 0 Å². The van der Waals surface area contributed by atoms with E-state index >= 15 is 0 Å². The highest BCUT2D eigenvalue weighted by Crippen LogP contribution is 2.26. The van der Waals surface area contributed by atoms with E-state index in [4.69, 9.17) is 4.74 Å². The number of benzene rings is 2. The predicted molar refractivity (Wildman–Crippen MR) is 92.6 cm³/mol. The van der Waals surface area contributed by atoms with Gasteiger partial charge in [0, 0.05) is 10.6 Å². The van der Waals surface area contributed by atoms with E-state index in [-0.39, 0.29) is 6.42 Å². The standard InChI is InChI=1S/C18H16F3NO3S/c1-11(25-16(23)10-12-3-2-4-13(19)9-12)17(24)22-14-5-7-15(8-6-14)26-18(20)21/h2-9,11,18H,10H2,1H3,(H,22,24)/t11-/m0/s1. The number of nitrogens with one attached hydrogen (secondary N) is 1. The summed E-state index contributed by atoms with van der Waals surface area (Å²) in [6.07, 6.45) is -1.22. The number of esters is 1. The van der Waals surface area contributed by atoms with Crippen LogP contribution in [-0.2, 0) is 20.7 Å². The second-order valence-corrected chi connectivity index (χ2v) is 6.39. The smallest absolute Gasteiger partial charge is 0.311 e. The van der Waals surface area contributed by atoms with Crippen molar-refractivity contribution in [2.75, 3.05) is 5.32 Å². The molecule has 1 amide bonds. The normalized spacial score (nSPS) is 11.9. The zero-order valence-electron chi connectivity index (χ0n) is 13.7. The van der Waals surface area contributed by atoms with E-state index < -0.39 is 29.6 Å². The summed E-state index contributed by atoms with van der Waals surface area (Å²) in [5.41, 5.74) is 0.830. The molecule has 0 heterocycles. The molecule has 138 valence electrons. The van der Waals surface area contributed by atoms with Gasteiger partial charge in [0.25, 0.3) is 11.7 Å². The molecule has 0 aliphatic carbocycles. The molecule has 0 aliphatic rings. The number of carbonyl (C=O) groups excluding carboxylic acids is 2. The Morgan fingerprint density at radius 2 is 1.85 bits per heavy atom. The van der Waals surface area contributed by atoms with Gasteiger partial charge in [-0.3, -0.25) is 9.59 Å². The molecule has 4 nitrogen and oxygen atoms in total. The first-order valence-corrected chi connectivity index (χ1v) is 8.51.